The zero-order valence-corrected chi connectivity index (χ0v) is 21.0. The van der Waals surface area contributed by atoms with Crippen LogP contribution in [0.3, 0.4) is 0 Å². The molecule has 1 aromatic carbocycles. The highest BCUT2D eigenvalue weighted by molar-refractivity contribution is 7.90. The van der Waals surface area contributed by atoms with E-state index in [1.807, 2.05) is 0 Å². The van der Waals surface area contributed by atoms with E-state index in [2.05, 4.69) is 0 Å². The smallest absolute Gasteiger partial charge is 0.508 e. The molecule has 1 aromatic rings. The van der Waals surface area contributed by atoms with Crippen molar-refractivity contribution in [1.82, 2.24) is 14.3 Å². The van der Waals surface area contributed by atoms with Crippen LogP contribution in [0.5, 0.6) is 5.75 Å². The highest BCUT2D eigenvalue weighted by Gasteiger charge is 2.48. The Morgan fingerprint density at radius 3 is 1.49 bits per heavy atom. The first-order valence-corrected chi connectivity index (χ1v) is 13.3. The number of sulfonamides is 2. The summed E-state index contributed by atoms with van der Waals surface area (Å²) in [4.78, 5) is 1.28. The summed E-state index contributed by atoms with van der Waals surface area (Å²) in [5, 5.41) is 10.1. The standard InChI is InChI=1S/C19H29F6N3O5S2/c1-12(2)15(26-34(30,31)18(20,21)22)10-28(9-14-7-5-6-8-17(14)29)11-16(13(3)4)27-35(32,33)19(23,24)25/h5-8,12-13,15-16,26-27,29H,9-11H2,1-4H3/t15-,16-/m1/s1. The van der Waals surface area contributed by atoms with Crippen molar-refractivity contribution in [2.75, 3.05) is 13.1 Å². The van der Waals surface area contributed by atoms with E-state index in [1.54, 1.807) is 9.44 Å². The van der Waals surface area contributed by atoms with Crippen molar-refractivity contribution in [2.24, 2.45) is 11.8 Å². The van der Waals surface area contributed by atoms with Gasteiger partial charge in [0.25, 0.3) is 0 Å². The molecule has 0 aromatic heterocycles. The Balaban J connectivity index is 3.35. The highest BCUT2D eigenvalue weighted by Crippen LogP contribution is 2.26. The minimum atomic E-state index is -5.75. The number of nitrogens with one attached hydrogen (secondary N) is 2. The fraction of sp³-hybridized carbons (Fsp3) is 0.684. The maximum absolute atomic E-state index is 12.9. The molecule has 0 aliphatic heterocycles. The summed E-state index contributed by atoms with van der Waals surface area (Å²) < 4.78 is 127. The van der Waals surface area contributed by atoms with Gasteiger partial charge in [0, 0.05) is 37.3 Å². The van der Waals surface area contributed by atoms with E-state index < -0.39 is 68.1 Å². The Hall–Kier alpha value is -1.62. The van der Waals surface area contributed by atoms with E-state index in [0.29, 0.717) is 0 Å². The molecule has 0 fully saturated rings. The SMILES string of the molecule is CC(C)[C@@H](CN(Cc1ccccc1O)C[C@@H](NS(=O)(=O)C(F)(F)F)C(C)C)NS(=O)(=O)C(F)(F)F. The van der Waals surface area contributed by atoms with Crippen molar-refractivity contribution in [3.05, 3.63) is 29.8 Å². The predicted molar refractivity (Wildman–Crippen MR) is 117 cm³/mol. The van der Waals surface area contributed by atoms with E-state index in [0.717, 1.165) is 0 Å². The van der Waals surface area contributed by atoms with Crippen LogP contribution in [0.1, 0.15) is 33.3 Å². The molecular weight excluding hydrogens is 528 g/mol. The zero-order chi connectivity index (χ0) is 27.4. The lowest BCUT2D eigenvalue weighted by molar-refractivity contribution is -0.0457. The minimum absolute atomic E-state index is 0.216. The van der Waals surface area contributed by atoms with E-state index in [1.165, 1.54) is 56.9 Å². The fourth-order valence-electron chi connectivity index (χ4n) is 2.95. The molecule has 0 radical (unpaired) electrons. The molecule has 8 nitrogen and oxygen atoms in total. The number of para-hydroxylation sites is 1. The molecule has 0 saturated heterocycles. The second-order valence-corrected chi connectivity index (χ2v) is 12.1. The van der Waals surface area contributed by atoms with Gasteiger partial charge in [0.2, 0.25) is 0 Å². The lowest BCUT2D eigenvalue weighted by Crippen LogP contribution is -2.54. The number of phenols is 1. The normalized spacial score (nSPS) is 15.7. The van der Waals surface area contributed by atoms with E-state index >= 15 is 0 Å². The van der Waals surface area contributed by atoms with E-state index in [-0.39, 0.29) is 17.9 Å². The summed E-state index contributed by atoms with van der Waals surface area (Å²) in [6.45, 7) is 4.67. The van der Waals surface area contributed by atoms with Crippen LogP contribution < -0.4 is 9.44 Å². The maximum atomic E-state index is 12.9. The van der Waals surface area contributed by atoms with Gasteiger partial charge in [-0.25, -0.2) is 26.3 Å². The zero-order valence-electron chi connectivity index (χ0n) is 19.4. The number of hydrogen-bond donors (Lipinski definition) is 3. The van der Waals surface area contributed by atoms with E-state index in [9.17, 15) is 48.3 Å². The van der Waals surface area contributed by atoms with Gasteiger partial charge in [0.1, 0.15) is 5.75 Å². The Labute approximate surface area is 200 Å². The molecule has 0 amide bonds. The number of halogens is 6. The highest BCUT2D eigenvalue weighted by atomic mass is 32.2. The van der Waals surface area contributed by atoms with Gasteiger partial charge in [-0.05, 0) is 17.9 Å². The van der Waals surface area contributed by atoms with Crippen molar-refractivity contribution in [1.29, 1.82) is 0 Å². The van der Waals surface area contributed by atoms with Crippen molar-refractivity contribution < 1.29 is 48.3 Å². The number of hydrogen-bond acceptors (Lipinski definition) is 6. The van der Waals surface area contributed by atoms with Gasteiger partial charge in [-0.3, -0.25) is 4.90 Å². The van der Waals surface area contributed by atoms with Gasteiger partial charge < -0.3 is 5.11 Å². The van der Waals surface area contributed by atoms with Crippen LogP contribution in [0.2, 0.25) is 0 Å². The number of phenolic OH excluding ortho intramolecular Hbond substituents is 1. The maximum Gasteiger partial charge on any atom is 0.511 e. The Morgan fingerprint density at radius 1 is 0.800 bits per heavy atom. The van der Waals surface area contributed by atoms with Crippen LogP contribution in [0, 0.1) is 11.8 Å². The van der Waals surface area contributed by atoms with Gasteiger partial charge >= 0.3 is 31.1 Å². The molecule has 0 unspecified atom stereocenters. The number of nitrogens with zero attached hydrogens (tertiary/aromatic N) is 1. The topological polar surface area (TPSA) is 116 Å². The number of aromatic hydroxyl groups is 1. The van der Waals surface area contributed by atoms with Crippen molar-refractivity contribution >= 4 is 20.0 Å². The monoisotopic (exact) mass is 557 g/mol. The molecular formula is C19H29F6N3O5S2. The van der Waals surface area contributed by atoms with Crippen LogP contribution in [-0.2, 0) is 26.6 Å². The Bertz CT molecular complexity index is 984. The number of rotatable bonds is 12. The van der Waals surface area contributed by atoms with E-state index in [4.69, 9.17) is 0 Å². The summed E-state index contributed by atoms with van der Waals surface area (Å²) in [6, 6.07) is 3.10. The molecule has 0 heterocycles. The molecule has 3 N–H and O–H groups in total. The van der Waals surface area contributed by atoms with Gasteiger partial charge in [-0.15, -0.1) is 0 Å². The minimum Gasteiger partial charge on any atom is -0.508 e. The molecule has 0 bridgehead atoms. The molecule has 0 aliphatic rings. The molecule has 204 valence electrons. The average molecular weight is 558 g/mol. The van der Waals surface area contributed by atoms with Gasteiger partial charge in [0.15, 0.2) is 0 Å². The van der Waals surface area contributed by atoms with Crippen LogP contribution in [-0.4, -0.2) is 63.0 Å². The third-order valence-electron chi connectivity index (χ3n) is 5.13. The lowest BCUT2D eigenvalue weighted by Gasteiger charge is -2.34. The second kappa shape index (κ2) is 11.6. The van der Waals surface area contributed by atoms with Gasteiger partial charge in [-0.1, -0.05) is 45.9 Å². The summed E-state index contributed by atoms with van der Waals surface area (Å²) in [5.41, 5.74) is -10.9. The molecule has 0 saturated carbocycles. The summed E-state index contributed by atoms with van der Waals surface area (Å²) in [7, 11) is -11.5. The third kappa shape index (κ3) is 9.08. The Kier molecular flexibility index (Phi) is 10.4. The first-order valence-electron chi connectivity index (χ1n) is 10.3. The summed E-state index contributed by atoms with van der Waals surface area (Å²) in [6.07, 6.45) is 0. The lowest BCUT2D eigenvalue weighted by atomic mass is 10.0. The number of benzene rings is 1. The molecule has 16 heteroatoms. The van der Waals surface area contributed by atoms with Crippen molar-refractivity contribution in [2.45, 2.75) is 57.3 Å². The third-order valence-corrected chi connectivity index (χ3v) is 7.57. The number of alkyl halides is 6. The molecule has 35 heavy (non-hydrogen) atoms. The van der Waals surface area contributed by atoms with Crippen LogP contribution in [0.25, 0.3) is 0 Å². The molecule has 0 aliphatic carbocycles. The summed E-state index contributed by atoms with van der Waals surface area (Å²) >= 11 is 0. The molecule has 1 rings (SSSR count). The second-order valence-electron chi connectivity index (χ2n) is 8.66. The van der Waals surface area contributed by atoms with Gasteiger partial charge in [0.05, 0.1) is 0 Å². The van der Waals surface area contributed by atoms with Gasteiger partial charge in [-0.2, -0.15) is 26.3 Å². The summed E-state index contributed by atoms with van der Waals surface area (Å²) in [5.74, 6) is -1.60. The quantitative estimate of drug-likeness (QED) is 0.340. The van der Waals surface area contributed by atoms with Crippen LogP contribution >= 0.6 is 0 Å². The Morgan fingerprint density at radius 2 is 1.17 bits per heavy atom. The molecule has 0 spiro atoms. The van der Waals surface area contributed by atoms with Crippen molar-refractivity contribution in [3.8, 4) is 5.75 Å². The first kappa shape index (κ1) is 31.4. The van der Waals surface area contributed by atoms with Crippen LogP contribution in [0.15, 0.2) is 24.3 Å². The first-order chi connectivity index (χ1) is 15.7. The predicted octanol–water partition coefficient (Wildman–Crippen LogP) is 3.12. The molecule has 2 atom stereocenters. The average Bonchev–Trinajstić information content (AvgIpc) is 2.66. The van der Waals surface area contributed by atoms with Crippen LogP contribution in [0.4, 0.5) is 26.3 Å². The van der Waals surface area contributed by atoms with Crippen molar-refractivity contribution in [3.63, 3.8) is 0 Å². The fourth-order valence-corrected chi connectivity index (χ4v) is 4.70. The largest absolute Gasteiger partial charge is 0.511 e.